The van der Waals surface area contributed by atoms with Gasteiger partial charge in [0.2, 0.25) is 11.8 Å². The largest absolute Gasteiger partial charge is 0.411 e. The number of carbonyl (C=O) groups excluding carboxylic acids is 1. The van der Waals surface area contributed by atoms with Gasteiger partial charge >= 0.3 is 0 Å². The van der Waals surface area contributed by atoms with Crippen molar-refractivity contribution in [3.8, 4) is 11.5 Å². The van der Waals surface area contributed by atoms with Gasteiger partial charge in [0.15, 0.2) is 11.6 Å². The predicted octanol–water partition coefficient (Wildman–Crippen LogP) is 4.36. The lowest BCUT2D eigenvalue weighted by Gasteiger charge is -2.04. The molecule has 0 spiro atoms. The molecule has 0 aliphatic carbocycles. The summed E-state index contributed by atoms with van der Waals surface area (Å²) in [5, 5.41) is 10.6. The van der Waals surface area contributed by atoms with Gasteiger partial charge < -0.3 is 9.73 Å². The molecule has 2 aromatic carbocycles. The molecule has 3 rings (SSSR count). The second kappa shape index (κ2) is 7.65. The molecule has 3 aromatic rings. The molecule has 1 aromatic heterocycles. The molecule has 8 heteroatoms. The highest BCUT2D eigenvalue weighted by molar-refractivity contribution is 7.99. The van der Waals surface area contributed by atoms with Crippen LogP contribution in [0.3, 0.4) is 0 Å². The molecule has 0 radical (unpaired) electrons. The number of carbonyl (C=O) groups is 1. The SMILES string of the molecule is Cc1cc(C)cc(-c2nnc(SCC(=O)Nc3ccc(F)c(F)c3)o2)c1. The van der Waals surface area contributed by atoms with E-state index in [1.807, 2.05) is 32.0 Å². The first-order valence-corrected chi connectivity index (χ1v) is 8.69. The number of halogens is 2. The molecule has 0 fully saturated rings. The Morgan fingerprint density at radius 1 is 1.08 bits per heavy atom. The maximum atomic E-state index is 13.1. The van der Waals surface area contributed by atoms with Crippen molar-refractivity contribution < 1.29 is 18.0 Å². The van der Waals surface area contributed by atoms with E-state index in [1.165, 1.54) is 6.07 Å². The topological polar surface area (TPSA) is 68.0 Å². The van der Waals surface area contributed by atoms with Crippen LogP contribution in [0.4, 0.5) is 14.5 Å². The summed E-state index contributed by atoms with van der Waals surface area (Å²) in [5.74, 6) is -2.02. The van der Waals surface area contributed by atoms with Gasteiger partial charge in [-0.3, -0.25) is 4.79 Å². The quantitative estimate of drug-likeness (QED) is 0.671. The third-order valence-electron chi connectivity index (χ3n) is 3.41. The highest BCUT2D eigenvalue weighted by atomic mass is 32.2. The molecule has 0 saturated carbocycles. The van der Waals surface area contributed by atoms with Gasteiger partial charge in [-0.15, -0.1) is 10.2 Å². The molecule has 0 atom stereocenters. The maximum Gasteiger partial charge on any atom is 0.277 e. The van der Waals surface area contributed by atoms with Gasteiger partial charge in [-0.25, -0.2) is 8.78 Å². The molecule has 0 aliphatic heterocycles. The highest BCUT2D eigenvalue weighted by Crippen LogP contribution is 2.25. The van der Waals surface area contributed by atoms with Gasteiger partial charge in [0.25, 0.3) is 5.22 Å². The summed E-state index contributed by atoms with van der Waals surface area (Å²) < 4.78 is 31.6. The van der Waals surface area contributed by atoms with Crippen LogP contribution in [0.25, 0.3) is 11.5 Å². The standard InChI is InChI=1S/C18H15F2N3O2S/c1-10-5-11(2)7-12(6-10)17-22-23-18(25-17)26-9-16(24)21-13-3-4-14(19)15(20)8-13/h3-8H,9H2,1-2H3,(H,21,24). The number of aryl methyl sites for hydroxylation is 2. The van der Waals surface area contributed by atoms with Crippen molar-refractivity contribution in [1.82, 2.24) is 10.2 Å². The predicted molar refractivity (Wildman–Crippen MR) is 94.9 cm³/mol. The number of thioether (sulfide) groups is 1. The summed E-state index contributed by atoms with van der Waals surface area (Å²) >= 11 is 1.06. The fourth-order valence-electron chi connectivity index (χ4n) is 2.38. The van der Waals surface area contributed by atoms with Gasteiger partial charge in [-0.1, -0.05) is 29.0 Å². The van der Waals surface area contributed by atoms with Crippen molar-refractivity contribution in [3.63, 3.8) is 0 Å². The van der Waals surface area contributed by atoms with Crippen molar-refractivity contribution in [2.75, 3.05) is 11.1 Å². The zero-order valence-corrected chi connectivity index (χ0v) is 14.9. The molecular formula is C18H15F2N3O2S. The van der Waals surface area contributed by atoms with Crippen molar-refractivity contribution in [1.29, 1.82) is 0 Å². The van der Waals surface area contributed by atoms with E-state index in [-0.39, 0.29) is 16.7 Å². The van der Waals surface area contributed by atoms with E-state index in [1.54, 1.807) is 0 Å². The summed E-state index contributed by atoms with van der Waals surface area (Å²) in [6.07, 6.45) is 0. The molecule has 1 N–H and O–H groups in total. The average molecular weight is 375 g/mol. The van der Waals surface area contributed by atoms with E-state index in [0.29, 0.717) is 5.89 Å². The Morgan fingerprint density at radius 2 is 1.81 bits per heavy atom. The van der Waals surface area contributed by atoms with E-state index in [0.717, 1.165) is 40.6 Å². The zero-order valence-electron chi connectivity index (χ0n) is 14.0. The molecule has 0 unspecified atom stereocenters. The van der Waals surface area contributed by atoms with Crippen molar-refractivity contribution in [2.24, 2.45) is 0 Å². The van der Waals surface area contributed by atoms with Crippen LogP contribution in [-0.2, 0) is 4.79 Å². The monoisotopic (exact) mass is 375 g/mol. The van der Waals surface area contributed by atoms with Gasteiger partial charge in [-0.05, 0) is 38.1 Å². The summed E-state index contributed by atoms with van der Waals surface area (Å²) in [6.45, 7) is 3.95. The number of amides is 1. The number of aromatic nitrogens is 2. The van der Waals surface area contributed by atoms with Crippen LogP contribution in [0.5, 0.6) is 0 Å². The number of hydrogen-bond donors (Lipinski definition) is 1. The van der Waals surface area contributed by atoms with Gasteiger partial charge in [-0.2, -0.15) is 0 Å². The average Bonchev–Trinajstić information content (AvgIpc) is 3.05. The lowest BCUT2D eigenvalue weighted by atomic mass is 10.1. The fraction of sp³-hybridized carbons (Fsp3) is 0.167. The lowest BCUT2D eigenvalue weighted by Crippen LogP contribution is -2.14. The van der Waals surface area contributed by atoms with Crippen LogP contribution in [0.2, 0.25) is 0 Å². The number of anilines is 1. The number of rotatable bonds is 5. The molecule has 26 heavy (non-hydrogen) atoms. The van der Waals surface area contributed by atoms with Crippen LogP contribution >= 0.6 is 11.8 Å². The minimum absolute atomic E-state index is 0.00647. The Labute approximate surface area is 152 Å². The maximum absolute atomic E-state index is 13.1. The minimum atomic E-state index is -1.02. The Balaban J connectivity index is 1.60. The van der Waals surface area contributed by atoms with Crippen molar-refractivity contribution in [2.45, 2.75) is 19.1 Å². The summed E-state index contributed by atoms with van der Waals surface area (Å²) in [5.41, 5.74) is 3.15. The van der Waals surface area contributed by atoms with Crippen LogP contribution in [0.15, 0.2) is 46.0 Å². The smallest absolute Gasteiger partial charge is 0.277 e. The Kier molecular flexibility index (Phi) is 5.32. The van der Waals surface area contributed by atoms with Crippen LogP contribution < -0.4 is 5.32 Å². The van der Waals surface area contributed by atoms with Crippen molar-refractivity contribution in [3.05, 3.63) is 59.2 Å². The molecule has 0 aliphatic rings. The van der Waals surface area contributed by atoms with Crippen molar-refractivity contribution >= 4 is 23.4 Å². The Hall–Kier alpha value is -2.74. The Morgan fingerprint density at radius 3 is 2.50 bits per heavy atom. The van der Waals surface area contributed by atoms with E-state index in [4.69, 9.17) is 4.42 Å². The molecule has 0 bridgehead atoms. The van der Waals surface area contributed by atoms with Crippen LogP contribution in [0, 0.1) is 25.5 Å². The number of hydrogen-bond acceptors (Lipinski definition) is 5. The number of nitrogens with zero attached hydrogens (tertiary/aromatic N) is 2. The molecule has 5 nitrogen and oxygen atoms in total. The molecule has 0 saturated heterocycles. The first-order valence-electron chi connectivity index (χ1n) is 7.70. The first kappa shape index (κ1) is 18.1. The molecule has 134 valence electrons. The van der Waals surface area contributed by atoms with E-state index < -0.39 is 17.5 Å². The summed E-state index contributed by atoms with van der Waals surface area (Å²) in [6, 6.07) is 9.06. The van der Waals surface area contributed by atoms with E-state index in [9.17, 15) is 13.6 Å². The first-order chi connectivity index (χ1) is 12.4. The van der Waals surface area contributed by atoms with Gasteiger partial charge in [0.1, 0.15) is 0 Å². The Bertz CT molecular complexity index is 939. The fourth-order valence-corrected chi connectivity index (χ4v) is 2.94. The van der Waals surface area contributed by atoms with Crippen LogP contribution in [0.1, 0.15) is 11.1 Å². The summed E-state index contributed by atoms with van der Waals surface area (Å²) in [4.78, 5) is 11.9. The molecule has 1 heterocycles. The second-order valence-electron chi connectivity index (χ2n) is 5.72. The third kappa shape index (κ3) is 4.45. The van der Waals surface area contributed by atoms with Crippen LogP contribution in [-0.4, -0.2) is 21.9 Å². The normalized spacial score (nSPS) is 10.8. The highest BCUT2D eigenvalue weighted by Gasteiger charge is 2.12. The van der Waals surface area contributed by atoms with Gasteiger partial charge in [0.05, 0.1) is 5.75 Å². The third-order valence-corrected chi connectivity index (χ3v) is 4.22. The molecular weight excluding hydrogens is 360 g/mol. The zero-order chi connectivity index (χ0) is 18.7. The lowest BCUT2D eigenvalue weighted by molar-refractivity contribution is -0.113. The number of benzene rings is 2. The minimum Gasteiger partial charge on any atom is -0.411 e. The molecule has 1 amide bonds. The summed E-state index contributed by atoms with van der Waals surface area (Å²) in [7, 11) is 0. The second-order valence-corrected chi connectivity index (χ2v) is 6.64. The van der Waals surface area contributed by atoms with E-state index >= 15 is 0 Å². The van der Waals surface area contributed by atoms with E-state index in [2.05, 4.69) is 15.5 Å². The van der Waals surface area contributed by atoms with Gasteiger partial charge in [0, 0.05) is 17.3 Å². The number of nitrogens with one attached hydrogen (secondary N) is 1.